The maximum atomic E-state index is 11.4. The molecule has 0 bridgehead atoms. The van der Waals surface area contributed by atoms with Gasteiger partial charge in [0.1, 0.15) is 0 Å². The van der Waals surface area contributed by atoms with Crippen LogP contribution in [0.2, 0.25) is 0 Å². The van der Waals surface area contributed by atoms with Gasteiger partial charge in [0.2, 0.25) is 10.0 Å². The van der Waals surface area contributed by atoms with E-state index in [1.54, 1.807) is 0 Å². The monoisotopic (exact) mass is 194 g/mol. The second-order valence-corrected chi connectivity index (χ2v) is 4.63. The molecule has 0 unspecified atom stereocenters. The van der Waals surface area contributed by atoms with Crippen LogP contribution in [0.1, 0.15) is 20.3 Å². The molecular formula is C7H18N2O2S. The average Bonchev–Trinajstić information content (AvgIpc) is 2.03. The van der Waals surface area contributed by atoms with Crippen molar-refractivity contribution in [3.63, 3.8) is 0 Å². The smallest absolute Gasteiger partial charge is 0.214 e. The molecule has 74 valence electrons. The Hall–Kier alpha value is -0.130. The van der Waals surface area contributed by atoms with E-state index in [-0.39, 0.29) is 5.75 Å². The van der Waals surface area contributed by atoms with Gasteiger partial charge in [0.25, 0.3) is 0 Å². The van der Waals surface area contributed by atoms with Crippen molar-refractivity contribution < 1.29 is 8.42 Å². The zero-order valence-electron chi connectivity index (χ0n) is 7.78. The molecule has 0 radical (unpaired) electrons. The summed E-state index contributed by atoms with van der Waals surface area (Å²) in [5.74, 6) is 0.172. The van der Waals surface area contributed by atoms with Crippen LogP contribution >= 0.6 is 0 Å². The summed E-state index contributed by atoms with van der Waals surface area (Å²) < 4.78 is 24.3. The van der Waals surface area contributed by atoms with Gasteiger partial charge >= 0.3 is 0 Å². The van der Waals surface area contributed by atoms with E-state index in [4.69, 9.17) is 5.73 Å². The Bertz CT molecular complexity index is 197. The third-order valence-electron chi connectivity index (χ3n) is 1.71. The highest BCUT2D eigenvalue weighted by Crippen LogP contribution is 2.01. The van der Waals surface area contributed by atoms with Gasteiger partial charge in [-0.1, -0.05) is 13.8 Å². The van der Waals surface area contributed by atoms with Gasteiger partial charge in [-0.05, 0) is 13.0 Å². The topological polar surface area (TPSA) is 63.4 Å². The fourth-order valence-electron chi connectivity index (χ4n) is 1.01. The molecule has 0 atom stereocenters. The van der Waals surface area contributed by atoms with Crippen LogP contribution in [0, 0.1) is 0 Å². The zero-order chi connectivity index (χ0) is 9.61. The molecule has 0 amide bonds. The quantitative estimate of drug-likeness (QED) is 0.647. The van der Waals surface area contributed by atoms with Crippen molar-refractivity contribution in [2.24, 2.45) is 5.73 Å². The Labute approximate surface area is 74.8 Å². The number of nitrogens with zero attached hydrogens (tertiary/aromatic N) is 1. The van der Waals surface area contributed by atoms with Crippen LogP contribution in [0.3, 0.4) is 0 Å². The molecule has 5 heteroatoms. The SMILES string of the molecule is CCN(CC)S(=O)(=O)CCCN. The van der Waals surface area contributed by atoms with Crippen molar-refractivity contribution in [3.05, 3.63) is 0 Å². The molecule has 0 rings (SSSR count). The van der Waals surface area contributed by atoms with Gasteiger partial charge in [-0.3, -0.25) is 0 Å². The maximum absolute atomic E-state index is 11.4. The Morgan fingerprint density at radius 2 is 1.75 bits per heavy atom. The first-order valence-electron chi connectivity index (χ1n) is 4.26. The van der Waals surface area contributed by atoms with Gasteiger partial charge < -0.3 is 5.73 Å². The zero-order valence-corrected chi connectivity index (χ0v) is 8.60. The highest BCUT2D eigenvalue weighted by Gasteiger charge is 2.16. The largest absolute Gasteiger partial charge is 0.330 e. The second-order valence-electron chi connectivity index (χ2n) is 2.54. The van der Waals surface area contributed by atoms with E-state index in [1.807, 2.05) is 13.8 Å². The number of hydrogen-bond donors (Lipinski definition) is 1. The van der Waals surface area contributed by atoms with Gasteiger partial charge in [-0.25, -0.2) is 12.7 Å². The van der Waals surface area contributed by atoms with Crippen molar-refractivity contribution in [2.75, 3.05) is 25.4 Å². The summed E-state index contributed by atoms with van der Waals surface area (Å²) in [6.07, 6.45) is 0.541. The molecule has 4 nitrogen and oxygen atoms in total. The lowest BCUT2D eigenvalue weighted by molar-refractivity contribution is 0.444. The van der Waals surface area contributed by atoms with E-state index in [0.29, 0.717) is 26.1 Å². The lowest BCUT2D eigenvalue weighted by Gasteiger charge is -2.17. The highest BCUT2D eigenvalue weighted by molar-refractivity contribution is 7.89. The predicted molar refractivity (Wildman–Crippen MR) is 50.4 cm³/mol. The molecule has 0 aromatic carbocycles. The lowest BCUT2D eigenvalue weighted by Crippen LogP contribution is -2.33. The molecule has 0 aliphatic carbocycles. The Morgan fingerprint density at radius 3 is 2.08 bits per heavy atom. The summed E-state index contributed by atoms with van der Waals surface area (Å²) in [6.45, 7) is 5.19. The van der Waals surface area contributed by atoms with Crippen LogP contribution in [-0.2, 0) is 10.0 Å². The minimum atomic E-state index is -3.03. The van der Waals surface area contributed by atoms with E-state index in [9.17, 15) is 8.42 Å². The third-order valence-corrected chi connectivity index (χ3v) is 3.81. The van der Waals surface area contributed by atoms with E-state index < -0.39 is 10.0 Å². The predicted octanol–water partition coefficient (Wildman–Crippen LogP) is 0.00680. The van der Waals surface area contributed by atoms with Crippen molar-refractivity contribution in [2.45, 2.75) is 20.3 Å². The van der Waals surface area contributed by atoms with Crippen LogP contribution in [0.15, 0.2) is 0 Å². The van der Waals surface area contributed by atoms with Crippen LogP contribution < -0.4 is 5.73 Å². The normalized spacial score (nSPS) is 12.3. The summed E-state index contributed by atoms with van der Waals surface area (Å²) in [4.78, 5) is 0. The van der Waals surface area contributed by atoms with Gasteiger partial charge in [-0.2, -0.15) is 0 Å². The summed E-state index contributed by atoms with van der Waals surface area (Å²) >= 11 is 0. The third kappa shape index (κ3) is 3.51. The summed E-state index contributed by atoms with van der Waals surface area (Å²) in [5, 5.41) is 0. The first-order valence-corrected chi connectivity index (χ1v) is 5.87. The Morgan fingerprint density at radius 1 is 1.25 bits per heavy atom. The lowest BCUT2D eigenvalue weighted by atomic mass is 10.5. The minimum absolute atomic E-state index is 0.172. The molecule has 0 spiro atoms. The van der Waals surface area contributed by atoms with Gasteiger partial charge in [0.05, 0.1) is 5.75 Å². The van der Waals surface area contributed by atoms with Crippen molar-refractivity contribution in [1.82, 2.24) is 4.31 Å². The fourth-order valence-corrected chi connectivity index (χ4v) is 2.59. The molecule has 0 saturated heterocycles. The molecule has 0 fully saturated rings. The minimum Gasteiger partial charge on any atom is -0.330 e. The molecule has 0 aromatic rings. The molecule has 0 saturated carbocycles. The maximum Gasteiger partial charge on any atom is 0.214 e. The molecule has 0 aliphatic heterocycles. The highest BCUT2D eigenvalue weighted by atomic mass is 32.2. The van der Waals surface area contributed by atoms with E-state index in [0.717, 1.165) is 0 Å². The Kier molecular flexibility index (Phi) is 5.44. The first-order chi connectivity index (χ1) is 5.58. The molecule has 0 aliphatic rings. The standard InChI is InChI=1S/C7H18N2O2S/c1-3-9(4-2)12(10,11)7-5-6-8/h3-8H2,1-2H3. The summed E-state index contributed by atoms with van der Waals surface area (Å²) in [5.41, 5.74) is 5.24. The first kappa shape index (κ1) is 11.9. The molecular weight excluding hydrogens is 176 g/mol. The number of rotatable bonds is 6. The number of hydrogen-bond acceptors (Lipinski definition) is 3. The van der Waals surface area contributed by atoms with Crippen LogP contribution in [0.4, 0.5) is 0 Å². The van der Waals surface area contributed by atoms with Crippen LogP contribution in [0.5, 0.6) is 0 Å². The van der Waals surface area contributed by atoms with Crippen molar-refractivity contribution in [3.8, 4) is 0 Å². The number of sulfonamides is 1. The van der Waals surface area contributed by atoms with Crippen LogP contribution in [0.25, 0.3) is 0 Å². The van der Waals surface area contributed by atoms with E-state index >= 15 is 0 Å². The summed E-state index contributed by atoms with van der Waals surface area (Å²) in [7, 11) is -3.03. The van der Waals surface area contributed by atoms with Gasteiger partial charge in [-0.15, -0.1) is 0 Å². The van der Waals surface area contributed by atoms with Crippen LogP contribution in [-0.4, -0.2) is 38.1 Å². The van der Waals surface area contributed by atoms with E-state index in [2.05, 4.69) is 0 Å². The average molecular weight is 194 g/mol. The molecule has 0 aromatic heterocycles. The number of nitrogens with two attached hydrogens (primary N) is 1. The van der Waals surface area contributed by atoms with Gasteiger partial charge in [0, 0.05) is 13.1 Å². The molecule has 12 heavy (non-hydrogen) atoms. The Balaban J connectivity index is 4.17. The summed E-state index contributed by atoms with van der Waals surface area (Å²) in [6, 6.07) is 0. The van der Waals surface area contributed by atoms with Gasteiger partial charge in [0.15, 0.2) is 0 Å². The second kappa shape index (κ2) is 5.50. The van der Waals surface area contributed by atoms with E-state index in [1.165, 1.54) is 4.31 Å². The van der Waals surface area contributed by atoms with Crippen molar-refractivity contribution in [1.29, 1.82) is 0 Å². The molecule has 2 N–H and O–H groups in total. The fraction of sp³-hybridized carbons (Fsp3) is 1.00. The molecule has 0 heterocycles. The van der Waals surface area contributed by atoms with Crippen molar-refractivity contribution >= 4 is 10.0 Å².